The van der Waals surface area contributed by atoms with E-state index in [0.717, 1.165) is 61.2 Å². The van der Waals surface area contributed by atoms with Crippen LogP contribution in [0.4, 0.5) is 0 Å². The van der Waals surface area contributed by atoms with Crippen molar-refractivity contribution in [2.75, 3.05) is 7.11 Å². The molecule has 2 unspecified atom stereocenters. The molecular formula is C37H56N2O2. The standard InChI is InChI=1S/C37H56N2O2/c1-8-11-16-28-21-22-35(40-7)31(23-28)26-38-33-19-14-15-20-34(33)39-27-32-25-29(17-12-9-2)24-30(18-13-10-3)36(32)41-37(4,5)6/h21-27,33-34H,8-20H2,1-7H3/b38-26+,39-27+. The molecule has 226 valence electrons. The number of aliphatic imine (C=N–C) groups is 2. The fraction of sp³-hybridized carbons (Fsp3) is 0.622. The Kier molecular flexibility index (Phi) is 13.4. The average Bonchev–Trinajstić information content (AvgIpc) is 2.96. The molecule has 2 atom stereocenters. The zero-order valence-corrected chi connectivity index (χ0v) is 27.1. The summed E-state index contributed by atoms with van der Waals surface area (Å²) in [5.74, 6) is 1.90. The Morgan fingerprint density at radius 3 is 1.90 bits per heavy atom. The van der Waals surface area contributed by atoms with Crippen molar-refractivity contribution in [2.45, 2.75) is 143 Å². The van der Waals surface area contributed by atoms with E-state index in [-0.39, 0.29) is 17.7 Å². The summed E-state index contributed by atoms with van der Waals surface area (Å²) < 4.78 is 12.3. The maximum absolute atomic E-state index is 6.62. The quantitative estimate of drug-likeness (QED) is 0.203. The van der Waals surface area contributed by atoms with Gasteiger partial charge in [-0.25, -0.2) is 0 Å². The van der Waals surface area contributed by atoms with Crippen molar-refractivity contribution in [3.05, 3.63) is 58.1 Å². The molecule has 1 saturated carbocycles. The number of hydrogen-bond acceptors (Lipinski definition) is 4. The molecular weight excluding hydrogens is 504 g/mol. The van der Waals surface area contributed by atoms with Crippen LogP contribution in [0.2, 0.25) is 0 Å². The number of rotatable bonds is 15. The highest BCUT2D eigenvalue weighted by molar-refractivity contribution is 5.85. The van der Waals surface area contributed by atoms with E-state index >= 15 is 0 Å². The van der Waals surface area contributed by atoms with Gasteiger partial charge >= 0.3 is 0 Å². The number of ether oxygens (including phenoxy) is 2. The second-order valence-electron chi connectivity index (χ2n) is 12.8. The molecule has 0 bridgehead atoms. The minimum atomic E-state index is -0.267. The summed E-state index contributed by atoms with van der Waals surface area (Å²) in [7, 11) is 1.74. The van der Waals surface area contributed by atoms with E-state index in [0.29, 0.717) is 0 Å². The van der Waals surface area contributed by atoms with E-state index in [2.05, 4.69) is 78.1 Å². The Labute approximate surface area is 251 Å². The molecule has 1 fully saturated rings. The Balaban J connectivity index is 1.92. The smallest absolute Gasteiger partial charge is 0.132 e. The van der Waals surface area contributed by atoms with Crippen LogP contribution in [0.5, 0.6) is 11.5 Å². The van der Waals surface area contributed by atoms with Crippen molar-refractivity contribution in [1.29, 1.82) is 0 Å². The highest BCUT2D eigenvalue weighted by Crippen LogP contribution is 2.32. The molecule has 0 spiro atoms. The van der Waals surface area contributed by atoms with Gasteiger partial charge in [0.05, 0.1) is 19.2 Å². The van der Waals surface area contributed by atoms with Gasteiger partial charge in [-0.1, -0.05) is 65.0 Å². The minimum Gasteiger partial charge on any atom is -0.496 e. The summed E-state index contributed by atoms with van der Waals surface area (Å²) in [6.07, 6.45) is 19.0. The topological polar surface area (TPSA) is 43.2 Å². The molecule has 3 rings (SSSR count). The molecule has 4 nitrogen and oxygen atoms in total. The van der Waals surface area contributed by atoms with E-state index in [1.807, 2.05) is 6.21 Å². The van der Waals surface area contributed by atoms with Crippen LogP contribution in [0.1, 0.15) is 134 Å². The van der Waals surface area contributed by atoms with Gasteiger partial charge in [0.1, 0.15) is 17.1 Å². The van der Waals surface area contributed by atoms with Crippen LogP contribution in [-0.2, 0) is 19.3 Å². The molecule has 0 aliphatic heterocycles. The first kappa shape index (κ1) is 32.9. The van der Waals surface area contributed by atoms with Crippen molar-refractivity contribution >= 4 is 12.4 Å². The van der Waals surface area contributed by atoms with Gasteiger partial charge in [-0.15, -0.1) is 0 Å². The number of unbranched alkanes of at least 4 members (excludes halogenated alkanes) is 3. The fourth-order valence-corrected chi connectivity index (χ4v) is 5.60. The molecule has 0 radical (unpaired) electrons. The summed E-state index contributed by atoms with van der Waals surface area (Å²) in [5.41, 5.74) is 5.99. The lowest BCUT2D eigenvalue weighted by Gasteiger charge is -2.27. The molecule has 0 heterocycles. The average molecular weight is 561 g/mol. The number of nitrogens with zero attached hydrogens (tertiary/aromatic N) is 2. The third-order valence-corrected chi connectivity index (χ3v) is 7.90. The first-order valence-corrected chi connectivity index (χ1v) is 16.4. The van der Waals surface area contributed by atoms with Gasteiger partial charge in [0.15, 0.2) is 0 Å². The third kappa shape index (κ3) is 10.6. The predicted molar refractivity (Wildman–Crippen MR) is 177 cm³/mol. The van der Waals surface area contributed by atoms with Gasteiger partial charge in [-0.2, -0.15) is 0 Å². The zero-order chi connectivity index (χ0) is 29.7. The second kappa shape index (κ2) is 16.7. The molecule has 0 N–H and O–H groups in total. The number of benzene rings is 2. The van der Waals surface area contributed by atoms with Crippen molar-refractivity contribution in [1.82, 2.24) is 0 Å². The summed E-state index contributed by atoms with van der Waals surface area (Å²) in [5, 5.41) is 0. The summed E-state index contributed by atoms with van der Waals surface area (Å²) in [6.45, 7) is 13.2. The van der Waals surface area contributed by atoms with Crippen LogP contribution in [-0.4, -0.2) is 37.2 Å². The monoisotopic (exact) mass is 560 g/mol. The van der Waals surface area contributed by atoms with Crippen molar-refractivity contribution in [3.63, 3.8) is 0 Å². The molecule has 0 saturated heterocycles. The van der Waals surface area contributed by atoms with Crippen LogP contribution >= 0.6 is 0 Å². The van der Waals surface area contributed by atoms with Crippen molar-refractivity contribution in [3.8, 4) is 11.5 Å². The summed E-state index contributed by atoms with van der Waals surface area (Å²) in [6, 6.07) is 11.6. The first-order valence-electron chi connectivity index (χ1n) is 16.4. The van der Waals surface area contributed by atoms with Gasteiger partial charge < -0.3 is 9.47 Å². The molecule has 2 aromatic carbocycles. The SMILES string of the molecule is CCCCc1ccc(OC)c(/C=N/C2CCCCC2/N=C/c2cc(CCCC)cc(CCCC)c2OC(C)(C)C)c1. The fourth-order valence-electron chi connectivity index (χ4n) is 5.60. The lowest BCUT2D eigenvalue weighted by Crippen LogP contribution is -2.27. The number of methoxy groups -OCH3 is 1. The molecule has 0 aromatic heterocycles. The molecule has 0 amide bonds. The van der Waals surface area contributed by atoms with Crippen LogP contribution in [0, 0.1) is 0 Å². The van der Waals surface area contributed by atoms with E-state index in [1.165, 1.54) is 61.6 Å². The second-order valence-corrected chi connectivity index (χ2v) is 12.8. The Bertz CT molecular complexity index is 1130. The lowest BCUT2D eigenvalue weighted by molar-refractivity contribution is 0.129. The largest absolute Gasteiger partial charge is 0.496 e. The van der Waals surface area contributed by atoms with E-state index in [1.54, 1.807) is 7.11 Å². The summed E-state index contributed by atoms with van der Waals surface area (Å²) >= 11 is 0. The number of aryl methyl sites for hydroxylation is 3. The highest BCUT2D eigenvalue weighted by Gasteiger charge is 2.24. The van der Waals surface area contributed by atoms with Gasteiger partial charge in [-0.3, -0.25) is 9.98 Å². The highest BCUT2D eigenvalue weighted by atomic mass is 16.5. The molecule has 1 aliphatic rings. The van der Waals surface area contributed by atoms with E-state index in [4.69, 9.17) is 19.5 Å². The normalized spacial score (nSPS) is 17.9. The Morgan fingerprint density at radius 1 is 0.756 bits per heavy atom. The van der Waals surface area contributed by atoms with E-state index in [9.17, 15) is 0 Å². The molecule has 41 heavy (non-hydrogen) atoms. The minimum absolute atomic E-state index is 0.176. The Hall–Kier alpha value is -2.62. The first-order chi connectivity index (χ1) is 19.8. The zero-order valence-electron chi connectivity index (χ0n) is 27.1. The van der Waals surface area contributed by atoms with Gasteiger partial charge in [0.25, 0.3) is 0 Å². The Morgan fingerprint density at radius 2 is 1.32 bits per heavy atom. The van der Waals surface area contributed by atoms with Gasteiger partial charge in [0, 0.05) is 23.6 Å². The van der Waals surface area contributed by atoms with Gasteiger partial charge in [0.2, 0.25) is 0 Å². The maximum atomic E-state index is 6.62. The molecule has 1 aliphatic carbocycles. The van der Waals surface area contributed by atoms with Crippen molar-refractivity contribution in [2.24, 2.45) is 9.98 Å². The molecule has 2 aromatic rings. The molecule has 4 heteroatoms. The van der Waals surface area contributed by atoms with Gasteiger partial charge in [-0.05, 0) is 107 Å². The third-order valence-electron chi connectivity index (χ3n) is 7.90. The van der Waals surface area contributed by atoms with E-state index < -0.39 is 0 Å². The van der Waals surface area contributed by atoms with Crippen LogP contribution in [0.3, 0.4) is 0 Å². The predicted octanol–water partition coefficient (Wildman–Crippen LogP) is 9.75. The maximum Gasteiger partial charge on any atom is 0.132 e. The van der Waals surface area contributed by atoms with Crippen LogP contribution < -0.4 is 9.47 Å². The van der Waals surface area contributed by atoms with Crippen LogP contribution in [0.25, 0.3) is 0 Å². The number of hydrogen-bond donors (Lipinski definition) is 0. The van der Waals surface area contributed by atoms with Crippen LogP contribution in [0.15, 0.2) is 40.3 Å². The summed E-state index contributed by atoms with van der Waals surface area (Å²) in [4.78, 5) is 10.4. The lowest BCUT2D eigenvalue weighted by atomic mass is 9.91. The van der Waals surface area contributed by atoms with Crippen molar-refractivity contribution < 1.29 is 9.47 Å².